The Kier molecular flexibility index (Phi) is 5.20. The van der Waals surface area contributed by atoms with Crippen LogP contribution in [0.5, 0.6) is 0 Å². The zero-order valence-electron chi connectivity index (χ0n) is 14.9. The van der Waals surface area contributed by atoms with Crippen molar-refractivity contribution in [3.8, 4) is 0 Å². The number of urea groups is 1. The van der Waals surface area contributed by atoms with Crippen LogP contribution in [0, 0.1) is 0 Å². The number of aromatic amines is 1. The lowest BCUT2D eigenvalue weighted by Crippen LogP contribution is -2.19. The molecule has 0 spiro atoms. The third-order valence-electron chi connectivity index (χ3n) is 4.21. The molecule has 29 heavy (non-hydrogen) atoms. The fourth-order valence-corrected chi connectivity index (χ4v) is 3.27. The number of nitrogens with one attached hydrogen (secondary N) is 3. The van der Waals surface area contributed by atoms with Crippen LogP contribution >= 0.6 is 23.2 Å². The lowest BCUT2D eigenvalue weighted by molar-refractivity contribution is 0.104. The highest BCUT2D eigenvalue weighted by molar-refractivity contribution is 6.31. The number of aromatic nitrogens is 2. The molecule has 0 radical (unpaired) electrons. The van der Waals surface area contributed by atoms with Crippen LogP contribution in [0.2, 0.25) is 10.0 Å². The number of anilines is 2. The number of halogens is 2. The Bertz CT molecular complexity index is 1240. The van der Waals surface area contributed by atoms with Gasteiger partial charge in [0.2, 0.25) is 0 Å². The molecule has 0 unspecified atom stereocenters. The first-order chi connectivity index (χ1) is 14.0. The summed E-state index contributed by atoms with van der Waals surface area (Å²) in [4.78, 5) is 32.3. The topological polar surface area (TPSA) is 86.9 Å². The molecule has 6 nitrogen and oxygen atoms in total. The number of hydrogen-bond donors (Lipinski definition) is 3. The van der Waals surface area contributed by atoms with Gasteiger partial charge in [-0.25, -0.2) is 9.78 Å². The number of carbonyl (C=O) groups is 2. The normalized spacial score (nSPS) is 10.7. The van der Waals surface area contributed by atoms with E-state index in [-0.39, 0.29) is 5.78 Å². The van der Waals surface area contributed by atoms with Crippen LogP contribution < -0.4 is 10.6 Å². The van der Waals surface area contributed by atoms with E-state index >= 15 is 0 Å². The third kappa shape index (κ3) is 4.23. The molecule has 0 aliphatic rings. The van der Waals surface area contributed by atoms with Crippen molar-refractivity contribution in [1.82, 2.24) is 9.97 Å². The zero-order valence-corrected chi connectivity index (χ0v) is 16.4. The van der Waals surface area contributed by atoms with Crippen LogP contribution in [0.1, 0.15) is 15.9 Å². The van der Waals surface area contributed by atoms with E-state index in [4.69, 9.17) is 23.2 Å². The van der Waals surface area contributed by atoms with Crippen molar-refractivity contribution < 1.29 is 9.59 Å². The highest BCUT2D eigenvalue weighted by atomic mass is 35.5. The Labute approximate surface area is 175 Å². The van der Waals surface area contributed by atoms with Crippen LogP contribution in [0.4, 0.5) is 16.2 Å². The molecule has 2 aromatic carbocycles. The average molecular weight is 425 g/mol. The Balaban J connectivity index is 1.54. The fraction of sp³-hybridized carbons (Fsp3) is 0. The quantitative estimate of drug-likeness (QED) is 0.364. The van der Waals surface area contributed by atoms with Gasteiger partial charge in [-0.2, -0.15) is 0 Å². The fourth-order valence-electron chi connectivity index (χ4n) is 2.92. The van der Waals surface area contributed by atoms with Gasteiger partial charge in [0.15, 0.2) is 5.78 Å². The number of hydrogen-bond acceptors (Lipinski definition) is 3. The first-order valence-electron chi connectivity index (χ1n) is 8.60. The smallest absolute Gasteiger partial charge is 0.323 e. The van der Waals surface area contributed by atoms with E-state index in [1.165, 1.54) is 6.20 Å². The molecule has 0 bridgehead atoms. The maximum absolute atomic E-state index is 13.0. The van der Waals surface area contributed by atoms with Gasteiger partial charge in [0.1, 0.15) is 5.65 Å². The van der Waals surface area contributed by atoms with Crippen LogP contribution in [0.25, 0.3) is 11.0 Å². The number of carbonyl (C=O) groups excluding carboxylic acids is 2. The lowest BCUT2D eigenvalue weighted by Gasteiger charge is -2.09. The number of H-pyrrole nitrogens is 1. The second kappa shape index (κ2) is 7.95. The second-order valence-corrected chi connectivity index (χ2v) is 7.12. The van der Waals surface area contributed by atoms with Crippen LogP contribution in [0.15, 0.2) is 67.0 Å². The molecule has 0 saturated heterocycles. The van der Waals surface area contributed by atoms with Gasteiger partial charge < -0.3 is 15.6 Å². The van der Waals surface area contributed by atoms with Crippen molar-refractivity contribution in [3.05, 3.63) is 88.2 Å². The monoisotopic (exact) mass is 424 g/mol. The van der Waals surface area contributed by atoms with Gasteiger partial charge >= 0.3 is 6.03 Å². The molecule has 144 valence electrons. The Morgan fingerprint density at radius 2 is 1.62 bits per heavy atom. The van der Waals surface area contributed by atoms with Crippen molar-refractivity contribution >= 4 is 57.4 Å². The molecule has 8 heteroatoms. The minimum atomic E-state index is -0.444. The van der Waals surface area contributed by atoms with E-state index in [0.29, 0.717) is 43.6 Å². The van der Waals surface area contributed by atoms with E-state index in [9.17, 15) is 9.59 Å². The van der Waals surface area contributed by atoms with E-state index in [1.807, 2.05) is 0 Å². The average Bonchev–Trinajstić information content (AvgIpc) is 3.10. The summed E-state index contributed by atoms with van der Waals surface area (Å²) in [5.41, 5.74) is 2.49. The standard InChI is InChI=1S/C21H14Cl2N4O2/c22-13-4-2-6-16(8-13)27-21(29)26-15-5-1-3-12(7-15)19(28)18-11-25-20-17(18)9-14(23)10-24-20/h1-11H,(H,24,25)(H2,26,27,29). The third-order valence-corrected chi connectivity index (χ3v) is 4.65. The molecule has 0 fully saturated rings. The Hall–Kier alpha value is -3.35. The minimum Gasteiger partial charge on any atom is -0.345 e. The highest BCUT2D eigenvalue weighted by Gasteiger charge is 2.16. The molecule has 3 N–H and O–H groups in total. The van der Waals surface area contributed by atoms with Gasteiger partial charge in [-0.05, 0) is 36.4 Å². The number of nitrogens with zero attached hydrogens (tertiary/aromatic N) is 1. The van der Waals surface area contributed by atoms with E-state index < -0.39 is 6.03 Å². The molecule has 0 saturated carbocycles. The first-order valence-corrected chi connectivity index (χ1v) is 9.36. The summed E-state index contributed by atoms with van der Waals surface area (Å²) < 4.78 is 0. The van der Waals surface area contributed by atoms with Crippen molar-refractivity contribution in [2.75, 3.05) is 10.6 Å². The van der Waals surface area contributed by atoms with Crippen LogP contribution in [0.3, 0.4) is 0 Å². The Morgan fingerprint density at radius 3 is 2.38 bits per heavy atom. The molecule has 4 aromatic rings. The van der Waals surface area contributed by atoms with E-state index in [0.717, 1.165) is 0 Å². The van der Waals surface area contributed by atoms with E-state index in [1.54, 1.807) is 60.8 Å². The van der Waals surface area contributed by atoms with Crippen molar-refractivity contribution in [1.29, 1.82) is 0 Å². The number of benzene rings is 2. The SMILES string of the molecule is O=C(Nc1cccc(Cl)c1)Nc1cccc(C(=O)c2c[nH]c3ncc(Cl)cc23)c1. The Morgan fingerprint density at radius 1 is 0.897 bits per heavy atom. The van der Waals surface area contributed by atoms with Crippen LogP contribution in [-0.2, 0) is 0 Å². The van der Waals surface area contributed by atoms with Gasteiger partial charge in [-0.15, -0.1) is 0 Å². The molecule has 2 amide bonds. The maximum Gasteiger partial charge on any atom is 0.323 e. The summed E-state index contributed by atoms with van der Waals surface area (Å²) in [6, 6.07) is 14.7. The molecule has 2 aromatic heterocycles. The molecule has 0 aliphatic carbocycles. The maximum atomic E-state index is 13.0. The van der Waals surface area contributed by atoms with Gasteiger partial charge in [-0.3, -0.25) is 4.79 Å². The van der Waals surface area contributed by atoms with Gasteiger partial charge in [0, 0.05) is 45.3 Å². The second-order valence-electron chi connectivity index (χ2n) is 6.25. The molecular formula is C21H14Cl2N4O2. The molecule has 4 rings (SSSR count). The molecule has 2 heterocycles. The van der Waals surface area contributed by atoms with Gasteiger partial charge in [-0.1, -0.05) is 41.4 Å². The van der Waals surface area contributed by atoms with Gasteiger partial charge in [0.25, 0.3) is 0 Å². The minimum absolute atomic E-state index is 0.209. The summed E-state index contributed by atoms with van der Waals surface area (Å²) in [5, 5.41) is 7.00. The zero-order chi connectivity index (χ0) is 20.4. The molecule has 0 atom stereocenters. The van der Waals surface area contributed by atoms with Gasteiger partial charge in [0.05, 0.1) is 5.02 Å². The predicted molar refractivity (Wildman–Crippen MR) is 115 cm³/mol. The number of pyridine rings is 1. The summed E-state index contributed by atoms with van der Waals surface area (Å²) >= 11 is 11.9. The number of fused-ring (bicyclic) bond motifs is 1. The lowest BCUT2D eigenvalue weighted by atomic mass is 10.0. The predicted octanol–water partition coefficient (Wildman–Crippen LogP) is 5.74. The van der Waals surface area contributed by atoms with E-state index in [2.05, 4.69) is 20.6 Å². The highest BCUT2D eigenvalue weighted by Crippen LogP contribution is 2.24. The van der Waals surface area contributed by atoms with Crippen molar-refractivity contribution in [2.24, 2.45) is 0 Å². The van der Waals surface area contributed by atoms with Crippen molar-refractivity contribution in [2.45, 2.75) is 0 Å². The molecular weight excluding hydrogens is 411 g/mol. The first kappa shape index (κ1) is 19.0. The summed E-state index contributed by atoms with van der Waals surface area (Å²) in [7, 11) is 0. The number of amides is 2. The molecule has 0 aliphatic heterocycles. The largest absolute Gasteiger partial charge is 0.345 e. The summed E-state index contributed by atoms with van der Waals surface area (Å²) in [6.07, 6.45) is 3.11. The number of ketones is 1. The summed E-state index contributed by atoms with van der Waals surface area (Å²) in [5.74, 6) is -0.209. The summed E-state index contributed by atoms with van der Waals surface area (Å²) in [6.45, 7) is 0. The number of rotatable bonds is 4. The van der Waals surface area contributed by atoms with Crippen LogP contribution in [-0.4, -0.2) is 21.8 Å². The van der Waals surface area contributed by atoms with Crippen molar-refractivity contribution in [3.63, 3.8) is 0 Å².